The lowest BCUT2D eigenvalue weighted by Crippen LogP contribution is -2.22. The maximum absolute atomic E-state index is 13.5. The van der Waals surface area contributed by atoms with Gasteiger partial charge in [-0.15, -0.1) is 0 Å². The lowest BCUT2D eigenvalue weighted by Gasteiger charge is -2.13. The molecule has 0 bridgehead atoms. The zero-order valence-electron chi connectivity index (χ0n) is 18.9. The van der Waals surface area contributed by atoms with Crippen molar-refractivity contribution in [1.29, 1.82) is 0 Å². The fourth-order valence-electron chi connectivity index (χ4n) is 3.64. The van der Waals surface area contributed by atoms with Crippen molar-refractivity contribution in [3.8, 4) is 22.9 Å². The first-order valence-corrected chi connectivity index (χ1v) is 10.9. The molecule has 0 unspecified atom stereocenters. The van der Waals surface area contributed by atoms with E-state index in [9.17, 15) is 4.79 Å². The first-order chi connectivity index (χ1) is 16.2. The maximum Gasteiger partial charge on any atom is 0.266 e. The van der Waals surface area contributed by atoms with E-state index in [2.05, 4.69) is 0 Å². The van der Waals surface area contributed by atoms with Crippen LogP contribution in [0.4, 0.5) is 0 Å². The van der Waals surface area contributed by atoms with E-state index in [4.69, 9.17) is 19.2 Å². The van der Waals surface area contributed by atoms with Gasteiger partial charge in [-0.1, -0.05) is 36.4 Å². The van der Waals surface area contributed by atoms with Crippen LogP contribution in [0.25, 0.3) is 28.7 Å². The van der Waals surface area contributed by atoms with E-state index in [1.165, 1.54) is 0 Å². The summed E-state index contributed by atoms with van der Waals surface area (Å²) in [6.45, 7) is 4.96. The Morgan fingerprint density at radius 3 is 2.33 bits per heavy atom. The summed E-state index contributed by atoms with van der Waals surface area (Å²) in [5.74, 6) is 2.43. The van der Waals surface area contributed by atoms with Crippen LogP contribution >= 0.6 is 0 Å². The van der Waals surface area contributed by atoms with Gasteiger partial charge in [-0.25, -0.2) is 4.98 Å². The second-order valence-electron chi connectivity index (χ2n) is 7.21. The number of hydrogen-bond donors (Lipinski definition) is 0. The molecule has 4 rings (SSSR count). The van der Waals surface area contributed by atoms with E-state index in [0.717, 1.165) is 11.3 Å². The summed E-state index contributed by atoms with van der Waals surface area (Å²) in [4.78, 5) is 18.3. The first kappa shape index (κ1) is 22.1. The highest BCUT2D eigenvalue weighted by Gasteiger charge is 2.14. The average molecular weight is 443 g/mol. The molecule has 0 spiro atoms. The number of fused-ring (bicyclic) bond motifs is 1. The van der Waals surface area contributed by atoms with Gasteiger partial charge in [-0.3, -0.25) is 9.36 Å². The number of rotatable bonds is 8. The molecule has 0 aliphatic heterocycles. The van der Waals surface area contributed by atoms with Crippen molar-refractivity contribution in [2.75, 3.05) is 20.3 Å². The Morgan fingerprint density at radius 2 is 1.61 bits per heavy atom. The van der Waals surface area contributed by atoms with Crippen LogP contribution in [0.3, 0.4) is 0 Å². The van der Waals surface area contributed by atoms with Crippen molar-refractivity contribution in [1.82, 2.24) is 9.55 Å². The largest absolute Gasteiger partial charge is 0.494 e. The number of hydrogen-bond acceptors (Lipinski definition) is 5. The molecule has 0 N–H and O–H groups in total. The predicted molar refractivity (Wildman–Crippen MR) is 132 cm³/mol. The zero-order chi connectivity index (χ0) is 23.2. The third-order valence-electron chi connectivity index (χ3n) is 5.11. The van der Waals surface area contributed by atoms with Gasteiger partial charge in [-0.05, 0) is 61.9 Å². The molecule has 0 radical (unpaired) electrons. The standard InChI is InChI=1S/C27H26N2O4/c1-4-32-22-16-14-19(18-24(22)33-5-2)15-17-25-28-26-21(12-9-13-23(26)31-3)27(30)29(25)20-10-7-6-8-11-20/h6-18H,4-5H2,1-3H3. The van der Waals surface area contributed by atoms with Crippen LogP contribution in [-0.4, -0.2) is 29.9 Å². The van der Waals surface area contributed by atoms with Crippen molar-refractivity contribution in [3.05, 3.63) is 88.5 Å². The van der Waals surface area contributed by atoms with Gasteiger partial charge in [0.2, 0.25) is 0 Å². The molecule has 1 heterocycles. The predicted octanol–water partition coefficient (Wildman–Crippen LogP) is 5.36. The SMILES string of the molecule is CCOc1ccc(C=Cc2nc3c(OC)cccc3c(=O)n2-c2ccccc2)cc1OCC. The molecule has 4 aromatic rings. The number of aromatic nitrogens is 2. The van der Waals surface area contributed by atoms with Crippen LogP contribution in [0.5, 0.6) is 17.2 Å². The van der Waals surface area contributed by atoms with Gasteiger partial charge in [0.1, 0.15) is 17.1 Å². The Morgan fingerprint density at radius 1 is 0.848 bits per heavy atom. The fourth-order valence-corrected chi connectivity index (χ4v) is 3.64. The topological polar surface area (TPSA) is 62.6 Å². The van der Waals surface area contributed by atoms with Gasteiger partial charge >= 0.3 is 0 Å². The van der Waals surface area contributed by atoms with E-state index in [1.54, 1.807) is 29.9 Å². The van der Waals surface area contributed by atoms with Gasteiger partial charge < -0.3 is 14.2 Å². The molecule has 33 heavy (non-hydrogen) atoms. The van der Waals surface area contributed by atoms with Crippen molar-refractivity contribution < 1.29 is 14.2 Å². The highest BCUT2D eigenvalue weighted by Crippen LogP contribution is 2.29. The van der Waals surface area contributed by atoms with E-state index in [-0.39, 0.29) is 5.56 Å². The van der Waals surface area contributed by atoms with Crippen molar-refractivity contribution in [3.63, 3.8) is 0 Å². The van der Waals surface area contributed by atoms with Gasteiger partial charge in [0, 0.05) is 0 Å². The van der Waals surface area contributed by atoms with Crippen LogP contribution in [-0.2, 0) is 0 Å². The Kier molecular flexibility index (Phi) is 6.74. The Bertz CT molecular complexity index is 1340. The van der Waals surface area contributed by atoms with Crippen molar-refractivity contribution in [2.45, 2.75) is 13.8 Å². The summed E-state index contributed by atoms with van der Waals surface area (Å²) in [5, 5.41) is 0.495. The molecule has 0 amide bonds. The van der Waals surface area contributed by atoms with E-state index in [0.29, 0.717) is 47.2 Å². The minimum Gasteiger partial charge on any atom is -0.494 e. The van der Waals surface area contributed by atoms with Crippen LogP contribution in [0.15, 0.2) is 71.5 Å². The average Bonchev–Trinajstić information content (AvgIpc) is 2.84. The van der Waals surface area contributed by atoms with E-state index in [1.807, 2.05) is 74.5 Å². The summed E-state index contributed by atoms with van der Waals surface area (Å²) in [6.07, 6.45) is 3.73. The lowest BCUT2D eigenvalue weighted by molar-refractivity contribution is 0.287. The third kappa shape index (κ3) is 4.60. The van der Waals surface area contributed by atoms with Gasteiger partial charge in [0.15, 0.2) is 11.5 Å². The molecule has 0 aliphatic rings. The second kappa shape index (κ2) is 10.0. The number of nitrogens with zero attached hydrogens (tertiary/aromatic N) is 2. The van der Waals surface area contributed by atoms with Gasteiger partial charge in [0.05, 0.1) is 31.4 Å². The van der Waals surface area contributed by atoms with Gasteiger partial charge in [-0.2, -0.15) is 0 Å². The first-order valence-electron chi connectivity index (χ1n) is 10.9. The quantitative estimate of drug-likeness (QED) is 0.368. The molecule has 3 aromatic carbocycles. The monoisotopic (exact) mass is 442 g/mol. The Labute approximate surface area is 192 Å². The minimum atomic E-state index is -0.161. The molecule has 1 aromatic heterocycles. The summed E-state index contributed by atoms with van der Waals surface area (Å²) in [7, 11) is 1.57. The summed E-state index contributed by atoms with van der Waals surface area (Å²) >= 11 is 0. The number of para-hydroxylation sites is 2. The zero-order valence-corrected chi connectivity index (χ0v) is 18.9. The molecule has 6 heteroatoms. The summed E-state index contributed by atoms with van der Waals surface area (Å²) in [6, 6.07) is 20.6. The molecule has 0 fully saturated rings. The molecule has 6 nitrogen and oxygen atoms in total. The molecular weight excluding hydrogens is 416 g/mol. The lowest BCUT2D eigenvalue weighted by atomic mass is 10.1. The third-order valence-corrected chi connectivity index (χ3v) is 5.11. The smallest absolute Gasteiger partial charge is 0.266 e. The number of benzene rings is 3. The van der Waals surface area contributed by atoms with E-state index < -0.39 is 0 Å². The normalized spacial score (nSPS) is 11.1. The Balaban J connectivity index is 1.87. The second-order valence-corrected chi connectivity index (χ2v) is 7.21. The minimum absolute atomic E-state index is 0.161. The van der Waals surface area contributed by atoms with E-state index >= 15 is 0 Å². The Hall–Kier alpha value is -4.06. The summed E-state index contributed by atoms with van der Waals surface area (Å²) < 4.78 is 18.5. The molecule has 0 aliphatic carbocycles. The van der Waals surface area contributed by atoms with Crippen LogP contribution < -0.4 is 19.8 Å². The molecule has 0 atom stereocenters. The van der Waals surface area contributed by atoms with Crippen LogP contribution in [0.2, 0.25) is 0 Å². The number of ether oxygens (including phenoxy) is 3. The fraction of sp³-hybridized carbons (Fsp3) is 0.185. The van der Waals surface area contributed by atoms with Crippen LogP contribution in [0, 0.1) is 0 Å². The maximum atomic E-state index is 13.5. The number of methoxy groups -OCH3 is 1. The van der Waals surface area contributed by atoms with Crippen molar-refractivity contribution in [2.24, 2.45) is 0 Å². The van der Waals surface area contributed by atoms with Gasteiger partial charge in [0.25, 0.3) is 5.56 Å². The highest BCUT2D eigenvalue weighted by atomic mass is 16.5. The van der Waals surface area contributed by atoms with Crippen molar-refractivity contribution >= 4 is 23.1 Å². The molecule has 0 saturated heterocycles. The highest BCUT2D eigenvalue weighted by molar-refractivity contribution is 5.85. The van der Waals surface area contributed by atoms with Crippen LogP contribution in [0.1, 0.15) is 25.2 Å². The molecule has 0 saturated carbocycles. The summed E-state index contributed by atoms with van der Waals surface area (Å²) in [5.41, 5.74) is 2.00. The molecular formula is C27H26N2O4. The molecule has 168 valence electrons.